The predicted molar refractivity (Wildman–Crippen MR) is 84.1 cm³/mol. The fraction of sp³-hybridized carbons (Fsp3) is 0.533. The smallest absolute Gasteiger partial charge is 0.119 e. The third-order valence-corrected chi connectivity index (χ3v) is 3.92. The molecule has 110 valence electrons. The zero-order valence-corrected chi connectivity index (χ0v) is 12.4. The molecule has 0 spiro atoms. The second-order valence-corrected chi connectivity index (χ2v) is 5.55. The lowest BCUT2D eigenvalue weighted by Gasteiger charge is -2.22. The van der Waals surface area contributed by atoms with Gasteiger partial charge in [0.15, 0.2) is 0 Å². The highest BCUT2D eigenvalue weighted by Gasteiger charge is 2.22. The molecule has 1 aromatic rings. The van der Waals surface area contributed by atoms with Gasteiger partial charge < -0.3 is 15.6 Å². The van der Waals surface area contributed by atoms with Gasteiger partial charge in [0, 0.05) is 18.2 Å². The van der Waals surface area contributed by atoms with Gasteiger partial charge in [-0.2, -0.15) is 0 Å². The molecule has 0 radical (unpaired) electrons. The molecule has 0 aliphatic carbocycles. The fourth-order valence-corrected chi connectivity index (χ4v) is 2.72. The van der Waals surface area contributed by atoms with Gasteiger partial charge in [0.05, 0.1) is 13.2 Å². The van der Waals surface area contributed by atoms with Crippen LogP contribution in [0.5, 0.6) is 5.75 Å². The van der Waals surface area contributed by atoms with E-state index in [1.165, 1.54) is 6.42 Å². The van der Waals surface area contributed by atoms with Crippen LogP contribution in [0, 0.1) is 0 Å². The van der Waals surface area contributed by atoms with Crippen LogP contribution in [0.4, 0.5) is 0 Å². The Labute approximate surface area is 125 Å². The van der Waals surface area contributed by atoms with Gasteiger partial charge in [-0.1, -0.05) is 24.4 Å². The van der Waals surface area contributed by atoms with Gasteiger partial charge in [0.25, 0.3) is 0 Å². The van der Waals surface area contributed by atoms with Crippen LogP contribution in [0.2, 0.25) is 0 Å². The lowest BCUT2D eigenvalue weighted by Crippen LogP contribution is -2.33. The number of hydrogen-bond donors (Lipinski definition) is 2. The van der Waals surface area contributed by atoms with Gasteiger partial charge in [-0.25, -0.2) is 0 Å². The van der Waals surface area contributed by atoms with Crippen molar-refractivity contribution in [1.29, 1.82) is 0 Å². The summed E-state index contributed by atoms with van der Waals surface area (Å²) < 4.78 is 5.72. The van der Waals surface area contributed by atoms with Gasteiger partial charge in [0.2, 0.25) is 0 Å². The average Bonchev–Trinajstić information content (AvgIpc) is 2.91. The first-order valence-corrected chi connectivity index (χ1v) is 7.49. The van der Waals surface area contributed by atoms with E-state index in [9.17, 15) is 5.11 Å². The Kier molecular flexibility index (Phi) is 5.76. The molecule has 1 aliphatic rings. The standard InChI is InChI=1S/C15H22N2O2S/c16-15(20)12-4-1-6-14(10-12)19-9-3-8-17-7-2-5-13(17)11-18/h1,4,6,10,13,18H,2-3,5,7-9,11H2,(H2,16,20). The first kappa shape index (κ1) is 15.2. The molecule has 1 fully saturated rings. The van der Waals surface area contributed by atoms with Gasteiger partial charge in [-0.15, -0.1) is 0 Å². The monoisotopic (exact) mass is 294 g/mol. The maximum Gasteiger partial charge on any atom is 0.119 e. The van der Waals surface area contributed by atoms with E-state index in [2.05, 4.69) is 4.90 Å². The van der Waals surface area contributed by atoms with E-state index in [1.807, 2.05) is 24.3 Å². The molecule has 1 aromatic carbocycles. The fourth-order valence-electron chi connectivity index (χ4n) is 2.59. The minimum atomic E-state index is 0.261. The Hall–Kier alpha value is -1.17. The number of aliphatic hydroxyl groups excluding tert-OH is 1. The maximum absolute atomic E-state index is 9.26. The van der Waals surface area contributed by atoms with Crippen molar-refractivity contribution in [2.75, 3.05) is 26.3 Å². The molecule has 0 bridgehead atoms. The van der Waals surface area contributed by atoms with Crippen LogP contribution in [0.1, 0.15) is 24.8 Å². The summed E-state index contributed by atoms with van der Waals surface area (Å²) in [6.07, 6.45) is 3.24. The van der Waals surface area contributed by atoms with Crippen LogP contribution in [0.15, 0.2) is 24.3 Å². The zero-order valence-electron chi connectivity index (χ0n) is 11.6. The molecular weight excluding hydrogens is 272 g/mol. The SMILES string of the molecule is NC(=S)c1cccc(OCCCN2CCCC2CO)c1. The van der Waals surface area contributed by atoms with Gasteiger partial charge in [0.1, 0.15) is 10.7 Å². The number of rotatable bonds is 7. The first-order chi connectivity index (χ1) is 9.70. The van der Waals surface area contributed by atoms with E-state index in [0.717, 1.165) is 37.2 Å². The molecular formula is C15H22N2O2S. The second-order valence-electron chi connectivity index (χ2n) is 5.11. The average molecular weight is 294 g/mol. The molecule has 1 atom stereocenters. The minimum Gasteiger partial charge on any atom is -0.494 e. The van der Waals surface area contributed by atoms with E-state index in [-0.39, 0.29) is 6.61 Å². The Morgan fingerprint density at radius 3 is 3.10 bits per heavy atom. The summed E-state index contributed by atoms with van der Waals surface area (Å²) in [6.45, 7) is 2.98. The van der Waals surface area contributed by atoms with Crippen molar-refractivity contribution in [2.45, 2.75) is 25.3 Å². The number of benzene rings is 1. The Balaban J connectivity index is 1.73. The molecule has 0 aromatic heterocycles. The van der Waals surface area contributed by atoms with E-state index >= 15 is 0 Å². The predicted octanol–water partition coefficient (Wildman–Crippen LogP) is 1.55. The summed E-state index contributed by atoms with van der Waals surface area (Å²) in [5.41, 5.74) is 6.43. The number of nitrogens with two attached hydrogens (primary N) is 1. The lowest BCUT2D eigenvalue weighted by atomic mass is 10.2. The normalized spacial score (nSPS) is 19.1. The number of hydrogen-bond acceptors (Lipinski definition) is 4. The Morgan fingerprint density at radius 2 is 2.35 bits per heavy atom. The molecule has 2 rings (SSSR count). The van der Waals surface area contributed by atoms with Gasteiger partial charge in [-0.3, -0.25) is 4.90 Å². The highest BCUT2D eigenvalue weighted by molar-refractivity contribution is 7.80. The van der Waals surface area contributed by atoms with Crippen LogP contribution in [-0.2, 0) is 0 Å². The van der Waals surface area contributed by atoms with Crippen LogP contribution >= 0.6 is 12.2 Å². The second kappa shape index (κ2) is 7.57. The Bertz CT molecular complexity index is 453. The molecule has 1 saturated heterocycles. The zero-order chi connectivity index (χ0) is 14.4. The summed E-state index contributed by atoms with van der Waals surface area (Å²) in [7, 11) is 0. The largest absolute Gasteiger partial charge is 0.494 e. The van der Waals surface area contributed by atoms with Crippen LogP contribution < -0.4 is 10.5 Å². The topological polar surface area (TPSA) is 58.7 Å². The summed E-state index contributed by atoms with van der Waals surface area (Å²) in [5, 5.41) is 9.26. The molecule has 1 heterocycles. The molecule has 20 heavy (non-hydrogen) atoms. The van der Waals surface area contributed by atoms with E-state index in [4.69, 9.17) is 22.7 Å². The highest BCUT2D eigenvalue weighted by atomic mass is 32.1. The van der Waals surface area contributed by atoms with Crippen molar-refractivity contribution >= 4 is 17.2 Å². The van der Waals surface area contributed by atoms with Gasteiger partial charge in [-0.05, 0) is 37.9 Å². The molecule has 0 amide bonds. The van der Waals surface area contributed by atoms with E-state index < -0.39 is 0 Å². The third-order valence-electron chi connectivity index (χ3n) is 3.69. The molecule has 1 aliphatic heterocycles. The van der Waals surface area contributed by atoms with E-state index in [1.54, 1.807) is 0 Å². The molecule has 4 nitrogen and oxygen atoms in total. The molecule has 0 saturated carbocycles. The summed E-state index contributed by atoms with van der Waals surface area (Å²) in [6, 6.07) is 7.90. The number of likely N-dealkylation sites (tertiary alicyclic amines) is 1. The number of ether oxygens (including phenoxy) is 1. The quantitative estimate of drug-likeness (QED) is 0.590. The summed E-state index contributed by atoms with van der Waals surface area (Å²) in [4.78, 5) is 2.73. The van der Waals surface area contributed by atoms with Crippen LogP contribution in [-0.4, -0.2) is 47.3 Å². The van der Waals surface area contributed by atoms with Crippen molar-refractivity contribution < 1.29 is 9.84 Å². The summed E-state index contributed by atoms with van der Waals surface area (Å²) >= 11 is 4.95. The molecule has 5 heteroatoms. The third kappa shape index (κ3) is 4.16. The minimum absolute atomic E-state index is 0.261. The highest BCUT2D eigenvalue weighted by Crippen LogP contribution is 2.17. The van der Waals surface area contributed by atoms with Crippen molar-refractivity contribution in [3.8, 4) is 5.75 Å². The number of thiocarbonyl (C=S) groups is 1. The number of nitrogens with zero attached hydrogens (tertiary/aromatic N) is 1. The van der Waals surface area contributed by atoms with Crippen molar-refractivity contribution in [3.05, 3.63) is 29.8 Å². The van der Waals surface area contributed by atoms with Crippen molar-refractivity contribution in [3.63, 3.8) is 0 Å². The van der Waals surface area contributed by atoms with Crippen LogP contribution in [0.3, 0.4) is 0 Å². The first-order valence-electron chi connectivity index (χ1n) is 7.08. The lowest BCUT2D eigenvalue weighted by molar-refractivity contribution is 0.150. The summed E-state index contributed by atoms with van der Waals surface area (Å²) in [5.74, 6) is 0.801. The van der Waals surface area contributed by atoms with E-state index in [0.29, 0.717) is 17.6 Å². The molecule has 3 N–H and O–H groups in total. The Morgan fingerprint density at radius 1 is 1.50 bits per heavy atom. The maximum atomic E-state index is 9.26. The van der Waals surface area contributed by atoms with Crippen LogP contribution in [0.25, 0.3) is 0 Å². The van der Waals surface area contributed by atoms with Crippen molar-refractivity contribution in [2.24, 2.45) is 5.73 Å². The number of aliphatic hydroxyl groups is 1. The van der Waals surface area contributed by atoms with Crippen molar-refractivity contribution in [1.82, 2.24) is 4.90 Å². The molecule has 1 unspecified atom stereocenters. The van der Waals surface area contributed by atoms with Gasteiger partial charge >= 0.3 is 0 Å².